The van der Waals surface area contributed by atoms with Crippen LogP contribution in [0.1, 0.15) is 25.7 Å². The standard InChI is InChI=1S/C12H25N3/c1-15-7-5-11(10-15)8-13-9-12-4-2-3-6-14-12/h11-14H,2-10H2,1H3. The molecule has 2 unspecified atom stereocenters. The van der Waals surface area contributed by atoms with E-state index in [-0.39, 0.29) is 0 Å². The maximum atomic E-state index is 3.63. The lowest BCUT2D eigenvalue weighted by Gasteiger charge is -2.24. The Morgan fingerprint density at radius 2 is 2.20 bits per heavy atom. The Morgan fingerprint density at radius 3 is 2.87 bits per heavy atom. The quantitative estimate of drug-likeness (QED) is 0.716. The van der Waals surface area contributed by atoms with Crippen molar-refractivity contribution in [1.29, 1.82) is 0 Å². The third-order valence-corrected chi connectivity index (χ3v) is 3.73. The van der Waals surface area contributed by atoms with E-state index < -0.39 is 0 Å². The third kappa shape index (κ3) is 3.74. The van der Waals surface area contributed by atoms with Gasteiger partial charge < -0.3 is 15.5 Å². The largest absolute Gasteiger partial charge is 0.315 e. The summed E-state index contributed by atoms with van der Waals surface area (Å²) in [6, 6.07) is 0.734. The van der Waals surface area contributed by atoms with Crippen molar-refractivity contribution in [2.75, 3.05) is 39.8 Å². The summed E-state index contributed by atoms with van der Waals surface area (Å²) in [7, 11) is 2.22. The van der Waals surface area contributed by atoms with Gasteiger partial charge in [0, 0.05) is 19.1 Å². The number of piperidine rings is 1. The Morgan fingerprint density at radius 1 is 1.27 bits per heavy atom. The smallest absolute Gasteiger partial charge is 0.0192 e. The molecule has 2 aliphatic heterocycles. The molecule has 2 N–H and O–H groups in total. The lowest BCUT2D eigenvalue weighted by atomic mass is 10.0. The number of hydrogen-bond donors (Lipinski definition) is 2. The number of nitrogens with zero attached hydrogens (tertiary/aromatic N) is 1. The van der Waals surface area contributed by atoms with E-state index in [1.807, 2.05) is 0 Å². The summed E-state index contributed by atoms with van der Waals surface area (Å²) in [5, 5.41) is 7.21. The minimum absolute atomic E-state index is 0.734. The molecule has 0 saturated carbocycles. The molecule has 0 aromatic rings. The van der Waals surface area contributed by atoms with Crippen molar-refractivity contribution in [2.24, 2.45) is 5.92 Å². The van der Waals surface area contributed by atoms with Crippen LogP contribution in [0.25, 0.3) is 0 Å². The molecule has 2 fully saturated rings. The molecule has 15 heavy (non-hydrogen) atoms. The van der Waals surface area contributed by atoms with E-state index in [1.54, 1.807) is 0 Å². The second-order valence-corrected chi connectivity index (χ2v) is 5.22. The molecule has 3 heteroatoms. The van der Waals surface area contributed by atoms with Crippen LogP contribution in [-0.4, -0.2) is 50.7 Å². The van der Waals surface area contributed by atoms with Gasteiger partial charge in [-0.15, -0.1) is 0 Å². The Balaban J connectivity index is 1.54. The van der Waals surface area contributed by atoms with Crippen LogP contribution in [0.15, 0.2) is 0 Å². The first kappa shape index (κ1) is 11.4. The molecule has 0 spiro atoms. The molecule has 0 radical (unpaired) electrons. The average molecular weight is 211 g/mol. The number of rotatable bonds is 4. The van der Waals surface area contributed by atoms with Crippen molar-refractivity contribution >= 4 is 0 Å². The first-order chi connectivity index (χ1) is 7.34. The van der Waals surface area contributed by atoms with E-state index in [0.29, 0.717) is 0 Å². The van der Waals surface area contributed by atoms with Crippen molar-refractivity contribution in [3.63, 3.8) is 0 Å². The molecule has 2 aliphatic rings. The van der Waals surface area contributed by atoms with Gasteiger partial charge in [-0.2, -0.15) is 0 Å². The Bertz CT molecular complexity index is 173. The lowest BCUT2D eigenvalue weighted by molar-refractivity contribution is 0.360. The summed E-state index contributed by atoms with van der Waals surface area (Å²) in [5.41, 5.74) is 0. The van der Waals surface area contributed by atoms with Crippen LogP contribution >= 0.6 is 0 Å². The predicted octanol–water partition coefficient (Wildman–Crippen LogP) is 0.670. The summed E-state index contributed by atoms with van der Waals surface area (Å²) in [6.45, 7) is 6.17. The van der Waals surface area contributed by atoms with Gasteiger partial charge in [-0.25, -0.2) is 0 Å². The minimum atomic E-state index is 0.734. The summed E-state index contributed by atoms with van der Waals surface area (Å²) in [6.07, 6.45) is 5.51. The average Bonchev–Trinajstić information content (AvgIpc) is 2.66. The normalized spacial score (nSPS) is 33.4. The van der Waals surface area contributed by atoms with E-state index >= 15 is 0 Å². The first-order valence-electron chi connectivity index (χ1n) is 6.47. The molecule has 0 aromatic heterocycles. The van der Waals surface area contributed by atoms with Crippen molar-refractivity contribution in [2.45, 2.75) is 31.7 Å². The second-order valence-electron chi connectivity index (χ2n) is 5.22. The van der Waals surface area contributed by atoms with Crippen LogP contribution in [0.5, 0.6) is 0 Å². The van der Waals surface area contributed by atoms with Crippen LogP contribution < -0.4 is 10.6 Å². The van der Waals surface area contributed by atoms with Crippen molar-refractivity contribution < 1.29 is 0 Å². The monoisotopic (exact) mass is 211 g/mol. The summed E-state index contributed by atoms with van der Waals surface area (Å²) >= 11 is 0. The Kier molecular flexibility index (Phi) is 4.42. The fourth-order valence-electron chi connectivity index (χ4n) is 2.75. The van der Waals surface area contributed by atoms with Crippen molar-refractivity contribution in [3.05, 3.63) is 0 Å². The minimum Gasteiger partial charge on any atom is -0.315 e. The van der Waals surface area contributed by atoms with Gasteiger partial charge in [0.25, 0.3) is 0 Å². The zero-order valence-corrected chi connectivity index (χ0v) is 9.97. The summed E-state index contributed by atoms with van der Waals surface area (Å²) < 4.78 is 0. The highest BCUT2D eigenvalue weighted by atomic mass is 15.1. The van der Waals surface area contributed by atoms with Crippen LogP contribution in [0.2, 0.25) is 0 Å². The van der Waals surface area contributed by atoms with Crippen molar-refractivity contribution in [3.8, 4) is 0 Å². The third-order valence-electron chi connectivity index (χ3n) is 3.73. The van der Waals surface area contributed by atoms with Gasteiger partial charge in [0.05, 0.1) is 0 Å². The topological polar surface area (TPSA) is 27.3 Å². The van der Waals surface area contributed by atoms with Gasteiger partial charge in [0.15, 0.2) is 0 Å². The lowest BCUT2D eigenvalue weighted by Crippen LogP contribution is -2.42. The fraction of sp³-hybridized carbons (Fsp3) is 1.00. The van der Waals surface area contributed by atoms with E-state index in [4.69, 9.17) is 0 Å². The van der Waals surface area contributed by atoms with Gasteiger partial charge in [0.2, 0.25) is 0 Å². The molecule has 0 aromatic carbocycles. The van der Waals surface area contributed by atoms with E-state index in [9.17, 15) is 0 Å². The number of hydrogen-bond acceptors (Lipinski definition) is 3. The molecular formula is C12H25N3. The van der Waals surface area contributed by atoms with Gasteiger partial charge in [-0.3, -0.25) is 0 Å². The van der Waals surface area contributed by atoms with E-state index in [2.05, 4.69) is 22.6 Å². The Labute approximate surface area is 93.6 Å². The molecule has 0 bridgehead atoms. The zero-order chi connectivity index (χ0) is 10.5. The first-order valence-corrected chi connectivity index (χ1v) is 6.47. The summed E-state index contributed by atoms with van der Waals surface area (Å²) in [4.78, 5) is 2.44. The van der Waals surface area contributed by atoms with Gasteiger partial charge >= 0.3 is 0 Å². The molecular weight excluding hydrogens is 186 g/mol. The molecule has 2 atom stereocenters. The van der Waals surface area contributed by atoms with E-state index in [0.717, 1.165) is 12.0 Å². The number of nitrogens with one attached hydrogen (secondary N) is 2. The van der Waals surface area contributed by atoms with Crippen LogP contribution in [-0.2, 0) is 0 Å². The highest BCUT2D eigenvalue weighted by Gasteiger charge is 2.19. The molecule has 0 amide bonds. The molecule has 3 nitrogen and oxygen atoms in total. The highest BCUT2D eigenvalue weighted by molar-refractivity contribution is 4.78. The van der Waals surface area contributed by atoms with E-state index in [1.165, 1.54) is 58.4 Å². The predicted molar refractivity (Wildman–Crippen MR) is 64.1 cm³/mol. The molecule has 2 rings (SSSR count). The van der Waals surface area contributed by atoms with Gasteiger partial charge in [-0.1, -0.05) is 6.42 Å². The zero-order valence-electron chi connectivity index (χ0n) is 9.97. The highest BCUT2D eigenvalue weighted by Crippen LogP contribution is 2.13. The maximum Gasteiger partial charge on any atom is 0.0192 e. The van der Waals surface area contributed by atoms with Crippen LogP contribution in [0.3, 0.4) is 0 Å². The van der Waals surface area contributed by atoms with Crippen molar-refractivity contribution in [1.82, 2.24) is 15.5 Å². The van der Waals surface area contributed by atoms with Crippen LogP contribution in [0, 0.1) is 5.92 Å². The molecule has 2 heterocycles. The van der Waals surface area contributed by atoms with Gasteiger partial charge in [-0.05, 0) is 51.9 Å². The molecule has 2 saturated heterocycles. The number of likely N-dealkylation sites (tertiary alicyclic amines) is 1. The SMILES string of the molecule is CN1CCC(CNCC2CCCCN2)C1. The van der Waals surface area contributed by atoms with Gasteiger partial charge in [0.1, 0.15) is 0 Å². The molecule has 0 aliphatic carbocycles. The summed E-state index contributed by atoms with van der Waals surface area (Å²) in [5.74, 6) is 0.888. The fourth-order valence-corrected chi connectivity index (χ4v) is 2.75. The molecule has 88 valence electrons. The Hall–Kier alpha value is -0.120. The second kappa shape index (κ2) is 5.83. The van der Waals surface area contributed by atoms with Crippen LogP contribution in [0.4, 0.5) is 0 Å². The maximum absolute atomic E-state index is 3.63.